The maximum atomic E-state index is 12.3. The molecule has 312 valence electrons. The van der Waals surface area contributed by atoms with Crippen LogP contribution in [0.15, 0.2) is 60.8 Å². The highest BCUT2D eigenvalue weighted by molar-refractivity contribution is 7.47. The lowest BCUT2D eigenvalue weighted by molar-refractivity contribution is -0.153. The number of allylic oxidation sites excluding steroid dienone is 10. The number of aliphatic hydroxyl groups excluding tert-OH is 2. The number of unbranched alkanes of at least 4 members (excludes halogenated alkanes) is 14. The second kappa shape index (κ2) is 38.9. The standard InChI is InChI=1S/C43H75O10P/c1-3-5-7-9-11-13-15-17-19-21-23-25-27-29-31-33-35-43(47)53-41(37-45)39-51-54(48,49)50-38-40(36-44)52-42(46)34-32-30-28-26-24-22-20-18-16-14-12-10-8-6-4-2/h6,8,12-15,18-21,40-41,44-45H,3-5,7,9-11,16-17,22-39H2,1-2H3,(H,48,49)/b8-6-,14-12-,15-13-,20-18-,21-19-. The molecule has 0 heterocycles. The predicted molar refractivity (Wildman–Crippen MR) is 219 cm³/mol. The molecule has 0 rings (SSSR count). The van der Waals surface area contributed by atoms with Gasteiger partial charge >= 0.3 is 19.8 Å². The molecule has 0 aromatic heterocycles. The van der Waals surface area contributed by atoms with E-state index in [0.29, 0.717) is 12.8 Å². The highest BCUT2D eigenvalue weighted by Crippen LogP contribution is 2.43. The molecule has 0 amide bonds. The molecule has 0 aliphatic rings. The fraction of sp³-hybridized carbons (Fsp3) is 0.721. The molecule has 0 radical (unpaired) electrons. The van der Waals surface area contributed by atoms with E-state index in [2.05, 4.69) is 74.6 Å². The molecule has 0 saturated carbocycles. The molecule has 0 aliphatic heterocycles. The first-order valence-electron chi connectivity index (χ1n) is 20.7. The van der Waals surface area contributed by atoms with E-state index in [1.165, 1.54) is 32.1 Å². The quantitative estimate of drug-likeness (QED) is 0.0239. The molecule has 0 spiro atoms. The third-order valence-corrected chi connectivity index (χ3v) is 9.41. The van der Waals surface area contributed by atoms with Gasteiger partial charge in [0.15, 0.2) is 0 Å². The van der Waals surface area contributed by atoms with E-state index in [0.717, 1.165) is 89.9 Å². The minimum Gasteiger partial charge on any atom is -0.457 e. The summed E-state index contributed by atoms with van der Waals surface area (Å²) in [6, 6.07) is 0. The summed E-state index contributed by atoms with van der Waals surface area (Å²) in [5.74, 6) is -1.05. The van der Waals surface area contributed by atoms with Crippen molar-refractivity contribution in [3.05, 3.63) is 60.8 Å². The molecular formula is C43H75O10P. The van der Waals surface area contributed by atoms with Crippen LogP contribution in [0.2, 0.25) is 0 Å². The summed E-state index contributed by atoms with van der Waals surface area (Å²) in [7, 11) is -4.65. The Kier molecular flexibility index (Phi) is 37.2. The molecule has 0 aromatic carbocycles. The summed E-state index contributed by atoms with van der Waals surface area (Å²) in [6.07, 6.45) is 41.9. The third kappa shape index (κ3) is 36.6. The average molecular weight is 783 g/mol. The SMILES string of the molecule is CC/C=C\C/C=C\C/C=C\CCCCCCCC(=O)OC(CO)COP(=O)(O)OCC(CO)OC(=O)CCCCCCC/C=C\C/C=C\CCCCCC. The van der Waals surface area contributed by atoms with Gasteiger partial charge in [-0.2, -0.15) is 0 Å². The number of hydrogen-bond donors (Lipinski definition) is 3. The van der Waals surface area contributed by atoms with E-state index in [9.17, 15) is 29.3 Å². The van der Waals surface area contributed by atoms with Crippen LogP contribution in [0.1, 0.15) is 162 Å². The molecule has 0 aliphatic carbocycles. The number of phosphoric acid groups is 1. The minimum atomic E-state index is -4.65. The average Bonchev–Trinajstić information content (AvgIpc) is 3.16. The van der Waals surface area contributed by atoms with Crippen molar-refractivity contribution in [1.82, 2.24) is 0 Å². The fourth-order valence-corrected chi connectivity index (χ4v) is 6.06. The normalized spacial score (nSPS) is 14.5. The molecular weight excluding hydrogens is 707 g/mol. The molecule has 0 saturated heterocycles. The van der Waals surface area contributed by atoms with Crippen molar-refractivity contribution in [3.8, 4) is 0 Å². The van der Waals surface area contributed by atoms with E-state index in [1.807, 2.05) is 0 Å². The second-order valence-electron chi connectivity index (χ2n) is 13.6. The Hall–Kier alpha value is -2.33. The van der Waals surface area contributed by atoms with Crippen LogP contribution in [0.25, 0.3) is 0 Å². The first kappa shape index (κ1) is 51.7. The molecule has 54 heavy (non-hydrogen) atoms. The topological polar surface area (TPSA) is 149 Å². The van der Waals surface area contributed by atoms with Crippen LogP contribution in [0.3, 0.4) is 0 Å². The lowest BCUT2D eigenvalue weighted by Gasteiger charge is -2.20. The monoisotopic (exact) mass is 783 g/mol. The fourth-order valence-electron chi connectivity index (χ4n) is 5.28. The Morgan fingerprint density at radius 3 is 1.26 bits per heavy atom. The molecule has 0 bridgehead atoms. The number of esters is 2. The minimum absolute atomic E-state index is 0.169. The zero-order valence-corrected chi connectivity index (χ0v) is 34.6. The van der Waals surface area contributed by atoms with Crippen molar-refractivity contribution in [2.45, 2.75) is 174 Å². The molecule has 3 atom stereocenters. The van der Waals surface area contributed by atoms with Gasteiger partial charge in [0.2, 0.25) is 0 Å². The van der Waals surface area contributed by atoms with Gasteiger partial charge in [-0.1, -0.05) is 132 Å². The smallest absolute Gasteiger partial charge is 0.457 e. The number of phosphoric ester groups is 1. The summed E-state index contributed by atoms with van der Waals surface area (Å²) >= 11 is 0. The molecule has 3 unspecified atom stereocenters. The van der Waals surface area contributed by atoms with E-state index in [-0.39, 0.29) is 12.8 Å². The van der Waals surface area contributed by atoms with E-state index >= 15 is 0 Å². The summed E-state index contributed by atoms with van der Waals surface area (Å²) in [6.45, 7) is 2.02. The van der Waals surface area contributed by atoms with E-state index in [4.69, 9.17) is 18.5 Å². The lowest BCUT2D eigenvalue weighted by Crippen LogP contribution is -2.28. The van der Waals surface area contributed by atoms with Gasteiger partial charge in [-0.3, -0.25) is 18.6 Å². The van der Waals surface area contributed by atoms with Crippen LogP contribution < -0.4 is 0 Å². The van der Waals surface area contributed by atoms with Crippen LogP contribution in [-0.4, -0.2) is 65.7 Å². The van der Waals surface area contributed by atoms with Gasteiger partial charge in [0.05, 0.1) is 26.4 Å². The van der Waals surface area contributed by atoms with Crippen LogP contribution in [0.5, 0.6) is 0 Å². The number of aliphatic hydroxyl groups is 2. The van der Waals surface area contributed by atoms with E-state index in [1.54, 1.807) is 0 Å². The maximum Gasteiger partial charge on any atom is 0.472 e. The first-order chi connectivity index (χ1) is 26.3. The highest BCUT2D eigenvalue weighted by Gasteiger charge is 2.27. The zero-order valence-electron chi connectivity index (χ0n) is 33.7. The molecule has 0 aromatic rings. The second-order valence-corrected chi connectivity index (χ2v) is 15.0. The molecule has 11 heteroatoms. The molecule has 3 N–H and O–H groups in total. The van der Waals surface area contributed by atoms with Gasteiger partial charge in [-0.05, 0) is 77.0 Å². The van der Waals surface area contributed by atoms with Gasteiger partial charge in [0, 0.05) is 12.8 Å². The maximum absolute atomic E-state index is 12.3. The third-order valence-electron chi connectivity index (χ3n) is 8.46. The Labute approximate surface area is 327 Å². The van der Waals surface area contributed by atoms with Crippen molar-refractivity contribution in [3.63, 3.8) is 0 Å². The van der Waals surface area contributed by atoms with Crippen molar-refractivity contribution in [2.75, 3.05) is 26.4 Å². The number of hydrogen-bond acceptors (Lipinski definition) is 9. The van der Waals surface area contributed by atoms with Crippen LogP contribution in [0, 0.1) is 0 Å². The predicted octanol–water partition coefficient (Wildman–Crippen LogP) is 10.7. The highest BCUT2D eigenvalue weighted by atomic mass is 31.2. The summed E-state index contributed by atoms with van der Waals surface area (Å²) in [4.78, 5) is 34.5. The van der Waals surface area contributed by atoms with Crippen molar-refractivity contribution >= 4 is 19.8 Å². The Bertz CT molecular complexity index is 1080. The first-order valence-corrected chi connectivity index (χ1v) is 22.2. The van der Waals surface area contributed by atoms with Crippen molar-refractivity contribution in [2.24, 2.45) is 0 Å². The lowest BCUT2D eigenvalue weighted by atomic mass is 10.1. The van der Waals surface area contributed by atoms with Gasteiger partial charge in [-0.25, -0.2) is 4.57 Å². The van der Waals surface area contributed by atoms with Crippen molar-refractivity contribution < 1.29 is 47.8 Å². The van der Waals surface area contributed by atoms with Crippen molar-refractivity contribution in [1.29, 1.82) is 0 Å². The number of carbonyl (C=O) groups is 2. The van der Waals surface area contributed by atoms with Gasteiger partial charge in [0.25, 0.3) is 0 Å². The van der Waals surface area contributed by atoms with E-state index < -0.39 is 58.4 Å². The molecule has 0 fully saturated rings. The van der Waals surface area contributed by atoms with Gasteiger partial charge < -0.3 is 24.6 Å². The van der Waals surface area contributed by atoms with Gasteiger partial charge in [-0.15, -0.1) is 0 Å². The molecule has 10 nitrogen and oxygen atoms in total. The van der Waals surface area contributed by atoms with Crippen LogP contribution in [0.4, 0.5) is 0 Å². The largest absolute Gasteiger partial charge is 0.472 e. The van der Waals surface area contributed by atoms with Crippen LogP contribution >= 0.6 is 7.82 Å². The van der Waals surface area contributed by atoms with Crippen LogP contribution in [-0.2, 0) is 32.7 Å². The van der Waals surface area contributed by atoms with Gasteiger partial charge in [0.1, 0.15) is 12.2 Å². The Balaban J connectivity index is 4.00. The Morgan fingerprint density at radius 1 is 0.519 bits per heavy atom. The summed E-state index contributed by atoms with van der Waals surface area (Å²) < 4.78 is 32.5. The number of rotatable bonds is 38. The zero-order chi connectivity index (χ0) is 39.8. The summed E-state index contributed by atoms with van der Waals surface area (Å²) in [5.41, 5.74) is 0. The number of ether oxygens (including phenoxy) is 2. The summed E-state index contributed by atoms with van der Waals surface area (Å²) in [5, 5.41) is 19.1. The number of carbonyl (C=O) groups excluding carboxylic acids is 2. The Morgan fingerprint density at radius 2 is 0.870 bits per heavy atom.